The standard InChI is InChI=1S/C10H10N4O5S/c1-19-9-3-2-7(6-8(9)14(15)16)20(17,18)13-10-4-5-11-12-10/h2-6H,1H3,(H2,11,12,13). The molecule has 0 aliphatic rings. The third kappa shape index (κ3) is 2.69. The van der Waals surface area contributed by atoms with Crippen molar-refractivity contribution in [2.45, 2.75) is 4.90 Å². The van der Waals surface area contributed by atoms with Gasteiger partial charge in [-0.15, -0.1) is 0 Å². The van der Waals surface area contributed by atoms with E-state index in [1.54, 1.807) is 0 Å². The molecule has 1 aromatic carbocycles. The van der Waals surface area contributed by atoms with Gasteiger partial charge in [-0.3, -0.25) is 19.9 Å². The number of benzene rings is 1. The number of sulfonamides is 1. The van der Waals surface area contributed by atoms with E-state index in [0.717, 1.165) is 6.07 Å². The predicted octanol–water partition coefficient (Wildman–Crippen LogP) is 1.13. The number of hydrogen-bond acceptors (Lipinski definition) is 6. The van der Waals surface area contributed by atoms with Gasteiger partial charge in [-0.2, -0.15) is 5.10 Å². The molecule has 2 N–H and O–H groups in total. The highest BCUT2D eigenvalue weighted by atomic mass is 32.2. The van der Waals surface area contributed by atoms with Gasteiger partial charge in [0.05, 0.1) is 23.1 Å². The Morgan fingerprint density at radius 2 is 2.15 bits per heavy atom. The number of aromatic nitrogens is 2. The summed E-state index contributed by atoms with van der Waals surface area (Å²) in [5, 5.41) is 16.9. The average molecular weight is 298 g/mol. The lowest BCUT2D eigenvalue weighted by atomic mass is 10.3. The molecule has 1 heterocycles. The van der Waals surface area contributed by atoms with Crippen LogP contribution in [0.5, 0.6) is 5.75 Å². The molecule has 0 radical (unpaired) electrons. The monoisotopic (exact) mass is 298 g/mol. The van der Waals surface area contributed by atoms with Gasteiger partial charge in [-0.1, -0.05) is 0 Å². The van der Waals surface area contributed by atoms with Crippen molar-refractivity contribution >= 4 is 21.5 Å². The van der Waals surface area contributed by atoms with Crippen molar-refractivity contribution in [2.75, 3.05) is 11.8 Å². The largest absolute Gasteiger partial charge is 0.490 e. The first kappa shape index (κ1) is 13.8. The van der Waals surface area contributed by atoms with Gasteiger partial charge in [0.15, 0.2) is 5.75 Å². The minimum Gasteiger partial charge on any atom is -0.490 e. The van der Waals surface area contributed by atoms with Crippen LogP contribution in [-0.2, 0) is 10.0 Å². The third-order valence-corrected chi connectivity index (χ3v) is 3.77. The highest BCUT2D eigenvalue weighted by molar-refractivity contribution is 7.92. The maximum Gasteiger partial charge on any atom is 0.312 e. The van der Waals surface area contributed by atoms with E-state index in [4.69, 9.17) is 4.74 Å². The van der Waals surface area contributed by atoms with Crippen LogP contribution in [0.25, 0.3) is 0 Å². The summed E-state index contributed by atoms with van der Waals surface area (Å²) in [7, 11) is -2.68. The number of rotatable bonds is 5. The number of nitro groups is 1. The first-order valence-corrected chi connectivity index (χ1v) is 6.77. The number of methoxy groups -OCH3 is 1. The molecule has 2 aromatic rings. The second kappa shape index (κ2) is 5.17. The molecule has 0 bridgehead atoms. The molecule has 0 fully saturated rings. The zero-order chi connectivity index (χ0) is 14.8. The smallest absolute Gasteiger partial charge is 0.312 e. The van der Waals surface area contributed by atoms with E-state index in [0.29, 0.717) is 0 Å². The number of nitrogens with one attached hydrogen (secondary N) is 2. The maximum absolute atomic E-state index is 12.1. The molecular weight excluding hydrogens is 288 g/mol. The van der Waals surface area contributed by atoms with Gasteiger partial charge in [-0.25, -0.2) is 8.42 Å². The van der Waals surface area contributed by atoms with E-state index < -0.39 is 20.6 Å². The molecule has 0 aliphatic heterocycles. The summed E-state index contributed by atoms with van der Waals surface area (Å²) in [4.78, 5) is 9.91. The number of H-pyrrole nitrogens is 1. The quantitative estimate of drug-likeness (QED) is 0.629. The predicted molar refractivity (Wildman–Crippen MR) is 69.0 cm³/mol. The fourth-order valence-corrected chi connectivity index (χ4v) is 2.53. The molecule has 20 heavy (non-hydrogen) atoms. The fraction of sp³-hybridized carbons (Fsp3) is 0.100. The molecule has 10 heteroatoms. The second-order valence-electron chi connectivity index (χ2n) is 3.67. The molecule has 9 nitrogen and oxygen atoms in total. The molecule has 0 atom stereocenters. The molecule has 0 saturated heterocycles. The molecule has 106 valence electrons. The third-order valence-electron chi connectivity index (χ3n) is 2.40. The van der Waals surface area contributed by atoms with Crippen LogP contribution in [0.4, 0.5) is 11.5 Å². The fourth-order valence-electron chi connectivity index (χ4n) is 1.50. The summed E-state index contributed by atoms with van der Waals surface area (Å²) in [5.41, 5.74) is -0.431. The SMILES string of the molecule is COc1ccc(S(=O)(=O)Nc2ccn[nH]2)cc1[N+](=O)[O-]. The average Bonchev–Trinajstić information content (AvgIpc) is 2.89. The Hall–Kier alpha value is -2.62. The molecule has 0 unspecified atom stereocenters. The Balaban J connectivity index is 2.42. The maximum atomic E-state index is 12.1. The Kier molecular flexibility index (Phi) is 3.57. The van der Waals surface area contributed by atoms with Crippen LogP contribution in [0.2, 0.25) is 0 Å². The topological polar surface area (TPSA) is 127 Å². The van der Waals surface area contributed by atoms with E-state index in [1.807, 2.05) is 0 Å². The van der Waals surface area contributed by atoms with Crippen molar-refractivity contribution in [3.05, 3.63) is 40.6 Å². The Morgan fingerprint density at radius 1 is 1.40 bits per heavy atom. The number of nitro benzene ring substituents is 1. The lowest BCUT2D eigenvalue weighted by molar-refractivity contribution is -0.386. The molecule has 0 amide bonds. The van der Waals surface area contributed by atoms with Gasteiger partial charge in [0.1, 0.15) is 5.82 Å². The van der Waals surface area contributed by atoms with E-state index in [2.05, 4.69) is 14.9 Å². The first-order valence-electron chi connectivity index (χ1n) is 5.28. The van der Waals surface area contributed by atoms with Gasteiger partial charge in [0.2, 0.25) is 0 Å². The first-order chi connectivity index (χ1) is 9.44. The molecule has 2 rings (SSSR count). The second-order valence-corrected chi connectivity index (χ2v) is 5.35. The minimum absolute atomic E-state index is 0.0181. The number of nitrogens with zero attached hydrogens (tertiary/aromatic N) is 2. The summed E-state index contributed by atoms with van der Waals surface area (Å²) in [6, 6.07) is 4.78. The highest BCUT2D eigenvalue weighted by Crippen LogP contribution is 2.29. The van der Waals surface area contributed by atoms with Gasteiger partial charge in [0.25, 0.3) is 10.0 Å². The molecular formula is C10H10N4O5S. The van der Waals surface area contributed by atoms with Gasteiger partial charge < -0.3 is 4.74 Å². The van der Waals surface area contributed by atoms with Gasteiger partial charge in [-0.05, 0) is 12.1 Å². The molecule has 0 aliphatic carbocycles. The van der Waals surface area contributed by atoms with Crippen molar-refractivity contribution in [1.82, 2.24) is 10.2 Å². The summed E-state index contributed by atoms with van der Waals surface area (Å²) >= 11 is 0. The number of ether oxygens (including phenoxy) is 1. The summed E-state index contributed by atoms with van der Waals surface area (Å²) in [6.45, 7) is 0. The highest BCUT2D eigenvalue weighted by Gasteiger charge is 2.22. The summed E-state index contributed by atoms with van der Waals surface area (Å²) < 4.78 is 31.1. The van der Waals surface area contributed by atoms with E-state index in [-0.39, 0.29) is 16.5 Å². The van der Waals surface area contributed by atoms with Crippen LogP contribution in [0.15, 0.2) is 35.4 Å². The van der Waals surface area contributed by atoms with Crippen LogP contribution in [0.1, 0.15) is 0 Å². The van der Waals surface area contributed by atoms with Gasteiger partial charge >= 0.3 is 5.69 Å². The lowest BCUT2D eigenvalue weighted by Gasteiger charge is -2.07. The Bertz CT molecular complexity index is 726. The van der Waals surface area contributed by atoms with E-state index in [1.165, 1.54) is 31.5 Å². The van der Waals surface area contributed by atoms with E-state index in [9.17, 15) is 18.5 Å². The van der Waals surface area contributed by atoms with Crippen LogP contribution >= 0.6 is 0 Å². The molecule has 0 saturated carbocycles. The summed E-state index contributed by atoms with van der Waals surface area (Å²) in [5.74, 6) is 0.138. The molecule has 0 spiro atoms. The normalized spacial score (nSPS) is 11.1. The number of aromatic amines is 1. The van der Waals surface area contributed by atoms with Crippen LogP contribution < -0.4 is 9.46 Å². The van der Waals surface area contributed by atoms with Crippen molar-refractivity contribution in [1.29, 1.82) is 0 Å². The van der Waals surface area contributed by atoms with Crippen molar-refractivity contribution in [3.63, 3.8) is 0 Å². The van der Waals surface area contributed by atoms with Gasteiger partial charge in [0, 0.05) is 12.1 Å². The lowest BCUT2D eigenvalue weighted by Crippen LogP contribution is -2.13. The molecule has 1 aromatic heterocycles. The Labute approximate surface area is 113 Å². The minimum atomic E-state index is -3.95. The zero-order valence-electron chi connectivity index (χ0n) is 10.2. The van der Waals surface area contributed by atoms with Crippen LogP contribution in [0.3, 0.4) is 0 Å². The summed E-state index contributed by atoms with van der Waals surface area (Å²) in [6.07, 6.45) is 1.37. The van der Waals surface area contributed by atoms with Crippen LogP contribution in [0, 0.1) is 10.1 Å². The zero-order valence-corrected chi connectivity index (χ0v) is 11.0. The van der Waals surface area contributed by atoms with Crippen molar-refractivity contribution in [2.24, 2.45) is 0 Å². The number of anilines is 1. The van der Waals surface area contributed by atoms with Crippen molar-refractivity contribution < 1.29 is 18.1 Å². The number of hydrogen-bond donors (Lipinski definition) is 2. The van der Waals surface area contributed by atoms with Crippen LogP contribution in [-0.4, -0.2) is 30.6 Å². The van der Waals surface area contributed by atoms with Crippen molar-refractivity contribution in [3.8, 4) is 5.75 Å². The Morgan fingerprint density at radius 3 is 2.70 bits per heavy atom. The van der Waals surface area contributed by atoms with E-state index >= 15 is 0 Å².